The number of amides is 2. The van der Waals surface area contributed by atoms with Crippen molar-refractivity contribution in [1.82, 2.24) is 15.5 Å². The lowest BCUT2D eigenvalue weighted by Crippen LogP contribution is -2.45. The molecule has 0 bridgehead atoms. The van der Waals surface area contributed by atoms with E-state index in [2.05, 4.69) is 10.6 Å². The minimum Gasteiger partial charge on any atom is -0.444 e. The van der Waals surface area contributed by atoms with E-state index < -0.39 is 11.7 Å². The zero-order valence-electron chi connectivity index (χ0n) is 11.6. The number of hydrogen-bond acceptors (Lipinski definition) is 4. The molecule has 0 saturated carbocycles. The number of alkyl carbamates (subject to hydrolysis) is 1. The fourth-order valence-corrected chi connectivity index (χ4v) is 1.76. The minimum atomic E-state index is -0.561. The number of likely N-dealkylation sites (N-methyl/N-ethyl adjacent to an activating group) is 1. The van der Waals surface area contributed by atoms with Crippen molar-refractivity contribution in [2.45, 2.75) is 38.8 Å². The monoisotopic (exact) mass is 257 g/mol. The van der Waals surface area contributed by atoms with E-state index in [1.54, 1.807) is 32.7 Å². The van der Waals surface area contributed by atoms with Crippen LogP contribution in [-0.4, -0.2) is 55.2 Å². The lowest BCUT2D eigenvalue weighted by atomic mass is 10.2. The molecule has 1 unspecified atom stereocenters. The molecule has 6 nitrogen and oxygen atoms in total. The lowest BCUT2D eigenvalue weighted by Gasteiger charge is -2.24. The van der Waals surface area contributed by atoms with Crippen molar-refractivity contribution in [3.05, 3.63) is 0 Å². The van der Waals surface area contributed by atoms with Crippen molar-refractivity contribution >= 4 is 12.0 Å². The van der Waals surface area contributed by atoms with Gasteiger partial charge in [-0.1, -0.05) is 0 Å². The third-order valence-corrected chi connectivity index (χ3v) is 2.76. The summed E-state index contributed by atoms with van der Waals surface area (Å²) >= 11 is 0. The molecule has 0 aromatic rings. The Morgan fingerprint density at radius 2 is 2.11 bits per heavy atom. The Morgan fingerprint density at radius 1 is 1.44 bits per heavy atom. The zero-order valence-corrected chi connectivity index (χ0v) is 11.6. The van der Waals surface area contributed by atoms with Gasteiger partial charge in [0, 0.05) is 19.6 Å². The van der Waals surface area contributed by atoms with E-state index in [4.69, 9.17) is 4.74 Å². The number of rotatable bonds is 3. The van der Waals surface area contributed by atoms with Crippen molar-refractivity contribution in [3.63, 3.8) is 0 Å². The Labute approximate surface area is 108 Å². The summed E-state index contributed by atoms with van der Waals surface area (Å²) < 4.78 is 5.06. The summed E-state index contributed by atoms with van der Waals surface area (Å²) in [7, 11) is 1.76. The molecule has 1 aliphatic heterocycles. The second kappa shape index (κ2) is 6.04. The average Bonchev–Trinajstić information content (AvgIpc) is 2.75. The molecular weight excluding hydrogens is 234 g/mol. The van der Waals surface area contributed by atoms with Crippen LogP contribution in [0.4, 0.5) is 4.79 Å². The van der Waals surface area contributed by atoms with Crippen molar-refractivity contribution in [2.24, 2.45) is 0 Å². The van der Waals surface area contributed by atoms with Crippen LogP contribution in [0.25, 0.3) is 0 Å². The second-order valence-electron chi connectivity index (χ2n) is 5.51. The molecule has 104 valence electrons. The molecule has 1 saturated heterocycles. The van der Waals surface area contributed by atoms with Crippen molar-refractivity contribution in [2.75, 3.05) is 26.7 Å². The molecule has 1 heterocycles. The van der Waals surface area contributed by atoms with Gasteiger partial charge in [0.25, 0.3) is 0 Å². The first-order valence-corrected chi connectivity index (χ1v) is 6.23. The summed E-state index contributed by atoms with van der Waals surface area (Å²) in [5, 5.41) is 5.67. The molecular formula is C12H23N3O3. The maximum Gasteiger partial charge on any atom is 0.408 e. The van der Waals surface area contributed by atoms with Gasteiger partial charge in [0.2, 0.25) is 5.91 Å². The fraction of sp³-hybridized carbons (Fsp3) is 0.833. The summed E-state index contributed by atoms with van der Waals surface area (Å²) in [5.74, 6) is -0.102. The number of carbonyl (C=O) groups is 2. The van der Waals surface area contributed by atoms with Crippen LogP contribution < -0.4 is 10.6 Å². The first kappa shape index (κ1) is 14.8. The predicted octanol–water partition coefficient (Wildman–Crippen LogP) is 0.331. The molecule has 2 amide bonds. The summed E-state index contributed by atoms with van der Waals surface area (Å²) in [4.78, 5) is 24.9. The van der Waals surface area contributed by atoms with Gasteiger partial charge in [0.15, 0.2) is 0 Å². The predicted molar refractivity (Wildman–Crippen MR) is 68.3 cm³/mol. The Bertz CT molecular complexity index is 306. The van der Waals surface area contributed by atoms with E-state index in [9.17, 15) is 9.59 Å². The highest BCUT2D eigenvalue weighted by Gasteiger charge is 2.24. The van der Waals surface area contributed by atoms with E-state index in [1.165, 1.54) is 0 Å². The Kier molecular flexibility index (Phi) is 4.95. The number of ether oxygens (including phenoxy) is 1. The van der Waals surface area contributed by atoms with Gasteiger partial charge < -0.3 is 20.3 Å². The first-order chi connectivity index (χ1) is 8.29. The lowest BCUT2D eigenvalue weighted by molar-refractivity contribution is -0.130. The van der Waals surface area contributed by atoms with E-state index >= 15 is 0 Å². The quantitative estimate of drug-likeness (QED) is 0.764. The van der Waals surface area contributed by atoms with Crippen LogP contribution in [0, 0.1) is 0 Å². The van der Waals surface area contributed by atoms with E-state index in [0.717, 1.165) is 19.5 Å². The van der Waals surface area contributed by atoms with Crippen LogP contribution in [0.3, 0.4) is 0 Å². The number of hydrogen-bond donors (Lipinski definition) is 2. The van der Waals surface area contributed by atoms with Crippen molar-refractivity contribution in [3.8, 4) is 0 Å². The van der Waals surface area contributed by atoms with Crippen LogP contribution in [0.15, 0.2) is 0 Å². The first-order valence-electron chi connectivity index (χ1n) is 6.23. The molecule has 0 aromatic carbocycles. The average molecular weight is 257 g/mol. The van der Waals surface area contributed by atoms with Gasteiger partial charge in [0.05, 0.1) is 0 Å². The van der Waals surface area contributed by atoms with Gasteiger partial charge in [-0.05, 0) is 33.7 Å². The largest absolute Gasteiger partial charge is 0.444 e. The molecule has 2 N–H and O–H groups in total. The molecule has 0 radical (unpaired) electrons. The highest BCUT2D eigenvalue weighted by molar-refractivity contribution is 5.82. The second-order valence-corrected chi connectivity index (χ2v) is 5.51. The molecule has 1 rings (SSSR count). The normalized spacial score (nSPS) is 19.4. The summed E-state index contributed by atoms with van der Waals surface area (Å²) in [6.07, 6.45) is 0.392. The summed E-state index contributed by atoms with van der Waals surface area (Å²) in [5.41, 5.74) is -0.547. The van der Waals surface area contributed by atoms with Gasteiger partial charge in [0.1, 0.15) is 12.1 Å². The maximum absolute atomic E-state index is 11.8. The van der Waals surface area contributed by atoms with Gasteiger partial charge in [-0.15, -0.1) is 0 Å². The van der Waals surface area contributed by atoms with E-state index in [-0.39, 0.29) is 18.5 Å². The van der Waals surface area contributed by atoms with E-state index in [0.29, 0.717) is 0 Å². The van der Waals surface area contributed by atoms with Crippen LogP contribution >= 0.6 is 0 Å². The van der Waals surface area contributed by atoms with Crippen LogP contribution in [0.1, 0.15) is 27.2 Å². The smallest absolute Gasteiger partial charge is 0.408 e. The Hall–Kier alpha value is -1.30. The summed E-state index contributed by atoms with van der Waals surface area (Å²) in [6.45, 7) is 7.07. The molecule has 0 spiro atoms. The van der Waals surface area contributed by atoms with Gasteiger partial charge in [-0.25, -0.2) is 4.79 Å². The molecule has 1 aliphatic rings. The van der Waals surface area contributed by atoms with Crippen molar-refractivity contribution in [1.29, 1.82) is 0 Å². The Balaban J connectivity index is 2.29. The highest BCUT2D eigenvalue weighted by Crippen LogP contribution is 2.07. The molecule has 1 atom stereocenters. The standard InChI is InChI=1S/C12H23N3O3/c1-12(2,3)18-11(17)14-8-10(16)15(4)9-5-6-13-7-9/h9,13H,5-8H2,1-4H3,(H,14,17). The Morgan fingerprint density at radius 3 is 2.61 bits per heavy atom. The maximum atomic E-state index is 11.8. The number of nitrogens with one attached hydrogen (secondary N) is 2. The third kappa shape index (κ3) is 4.91. The SMILES string of the molecule is CN(C(=O)CNC(=O)OC(C)(C)C)C1CCNC1. The van der Waals surface area contributed by atoms with Gasteiger partial charge in [-0.3, -0.25) is 4.79 Å². The molecule has 0 aliphatic carbocycles. The minimum absolute atomic E-state index is 0.0259. The van der Waals surface area contributed by atoms with E-state index in [1.807, 2.05) is 0 Å². The van der Waals surface area contributed by atoms with Crippen LogP contribution in [0.2, 0.25) is 0 Å². The highest BCUT2D eigenvalue weighted by atomic mass is 16.6. The van der Waals surface area contributed by atoms with Crippen molar-refractivity contribution < 1.29 is 14.3 Å². The molecule has 1 fully saturated rings. The van der Waals surface area contributed by atoms with Crippen LogP contribution in [0.5, 0.6) is 0 Å². The number of carbonyl (C=O) groups excluding carboxylic acids is 2. The summed E-state index contributed by atoms with van der Waals surface area (Å²) in [6, 6.07) is 0.220. The molecule has 0 aromatic heterocycles. The third-order valence-electron chi connectivity index (χ3n) is 2.76. The fourth-order valence-electron chi connectivity index (χ4n) is 1.76. The van der Waals surface area contributed by atoms with Gasteiger partial charge in [-0.2, -0.15) is 0 Å². The molecule has 18 heavy (non-hydrogen) atoms. The topological polar surface area (TPSA) is 70.7 Å². The van der Waals surface area contributed by atoms with Gasteiger partial charge >= 0.3 is 6.09 Å². The number of nitrogens with zero attached hydrogens (tertiary/aromatic N) is 1. The molecule has 6 heteroatoms. The van der Waals surface area contributed by atoms with Crippen LogP contribution in [-0.2, 0) is 9.53 Å². The zero-order chi connectivity index (χ0) is 13.8.